The minimum Gasteiger partial charge on any atom is -0.427 e. The summed E-state index contributed by atoms with van der Waals surface area (Å²) in [6, 6.07) is 23.7. The molecule has 0 saturated carbocycles. The lowest BCUT2D eigenvalue weighted by molar-refractivity contribution is 0.0212. The number of benzene rings is 3. The Labute approximate surface area is 147 Å². The van der Waals surface area contributed by atoms with E-state index in [2.05, 4.69) is 5.32 Å². The van der Waals surface area contributed by atoms with Crippen LogP contribution in [0.3, 0.4) is 0 Å². The normalized spacial score (nSPS) is 18.6. The fourth-order valence-corrected chi connectivity index (χ4v) is 3.22. The molecule has 1 heterocycles. The van der Waals surface area contributed by atoms with Gasteiger partial charge in [0.25, 0.3) is 0 Å². The van der Waals surface area contributed by atoms with Gasteiger partial charge in [0.1, 0.15) is 0 Å². The summed E-state index contributed by atoms with van der Waals surface area (Å²) in [5, 5.41) is 3.46. The Morgan fingerprint density at radius 1 is 0.800 bits per heavy atom. The molecule has 1 aliphatic heterocycles. The van der Waals surface area contributed by atoms with Crippen LogP contribution in [0.1, 0.15) is 32.6 Å². The second-order valence-corrected chi connectivity index (χ2v) is 6.47. The van der Waals surface area contributed by atoms with E-state index in [1.807, 2.05) is 86.6 Å². The highest BCUT2D eigenvalue weighted by Gasteiger charge is 2.47. The number of ether oxygens (including phenoxy) is 1. The molecule has 0 saturated heterocycles. The first kappa shape index (κ1) is 15.5. The fourth-order valence-electron chi connectivity index (χ4n) is 3.22. The lowest BCUT2D eigenvalue weighted by Crippen LogP contribution is -2.37. The maximum Gasteiger partial charge on any atom is 0.341 e. The average molecular weight is 329 g/mol. The van der Waals surface area contributed by atoms with E-state index in [1.54, 1.807) is 0 Å². The molecule has 124 valence electrons. The third kappa shape index (κ3) is 2.58. The van der Waals surface area contributed by atoms with Crippen molar-refractivity contribution in [3.05, 3.63) is 101 Å². The van der Waals surface area contributed by atoms with Gasteiger partial charge in [0, 0.05) is 16.8 Å². The highest BCUT2D eigenvalue weighted by molar-refractivity contribution is 5.96. The fraction of sp³-hybridized carbons (Fsp3) is 0.136. The summed E-state index contributed by atoms with van der Waals surface area (Å²) in [5.41, 5.74) is 4.56. The maximum atomic E-state index is 12.5. The van der Waals surface area contributed by atoms with Crippen LogP contribution in [0.25, 0.3) is 0 Å². The van der Waals surface area contributed by atoms with Gasteiger partial charge in [-0.1, -0.05) is 65.7 Å². The van der Waals surface area contributed by atoms with E-state index in [-0.39, 0.29) is 5.97 Å². The van der Waals surface area contributed by atoms with Gasteiger partial charge in [-0.15, -0.1) is 0 Å². The molecule has 0 radical (unpaired) electrons. The number of carbonyl (C=O) groups excluding carboxylic acids is 1. The number of hydrogen-bond acceptors (Lipinski definition) is 3. The number of carbonyl (C=O) groups is 1. The van der Waals surface area contributed by atoms with Gasteiger partial charge in [0.2, 0.25) is 5.72 Å². The minimum absolute atomic E-state index is 0.309. The number of fused-ring (bicyclic) bond motifs is 1. The monoisotopic (exact) mass is 329 g/mol. The molecule has 25 heavy (non-hydrogen) atoms. The molecule has 1 N–H and O–H groups in total. The molecule has 3 aromatic carbocycles. The van der Waals surface area contributed by atoms with Crippen LogP contribution in [0.2, 0.25) is 0 Å². The van der Waals surface area contributed by atoms with Crippen molar-refractivity contribution in [1.82, 2.24) is 0 Å². The Hall–Kier alpha value is -3.07. The molecule has 0 fully saturated rings. The van der Waals surface area contributed by atoms with Crippen LogP contribution in [0.4, 0.5) is 5.69 Å². The smallest absolute Gasteiger partial charge is 0.341 e. The lowest BCUT2D eigenvalue weighted by Gasteiger charge is -2.31. The third-order valence-corrected chi connectivity index (χ3v) is 4.60. The van der Waals surface area contributed by atoms with E-state index < -0.39 is 5.72 Å². The number of aryl methyl sites for hydroxylation is 2. The molecule has 4 rings (SSSR count). The SMILES string of the molecule is Cc1ccc(NC2(c3ccc(C)cc3)OC(=O)c3ccccc32)cc1. The molecule has 0 amide bonds. The largest absolute Gasteiger partial charge is 0.427 e. The number of esters is 1. The zero-order valence-corrected chi connectivity index (χ0v) is 14.2. The molecular formula is C22H19NO2. The molecule has 0 bridgehead atoms. The molecule has 0 spiro atoms. The van der Waals surface area contributed by atoms with Gasteiger partial charge in [-0.2, -0.15) is 0 Å². The quantitative estimate of drug-likeness (QED) is 0.702. The Kier molecular flexibility index (Phi) is 3.57. The van der Waals surface area contributed by atoms with Crippen molar-refractivity contribution in [1.29, 1.82) is 0 Å². The van der Waals surface area contributed by atoms with Crippen molar-refractivity contribution in [3.8, 4) is 0 Å². The van der Waals surface area contributed by atoms with Crippen molar-refractivity contribution >= 4 is 11.7 Å². The summed E-state index contributed by atoms with van der Waals surface area (Å²) in [5.74, 6) is -0.309. The van der Waals surface area contributed by atoms with Gasteiger partial charge in [-0.3, -0.25) is 0 Å². The van der Waals surface area contributed by atoms with Crippen LogP contribution in [0.5, 0.6) is 0 Å². The van der Waals surface area contributed by atoms with Crippen molar-refractivity contribution in [2.45, 2.75) is 19.6 Å². The zero-order chi connectivity index (χ0) is 17.4. The van der Waals surface area contributed by atoms with E-state index >= 15 is 0 Å². The van der Waals surface area contributed by atoms with Crippen molar-refractivity contribution in [2.24, 2.45) is 0 Å². The Balaban J connectivity index is 1.89. The molecule has 1 aliphatic rings. The topological polar surface area (TPSA) is 38.3 Å². The molecule has 0 aliphatic carbocycles. The second kappa shape index (κ2) is 5.78. The molecule has 3 heteroatoms. The van der Waals surface area contributed by atoms with Crippen LogP contribution in [-0.2, 0) is 10.5 Å². The minimum atomic E-state index is -1.02. The van der Waals surface area contributed by atoms with Crippen LogP contribution in [-0.4, -0.2) is 5.97 Å². The average Bonchev–Trinajstić information content (AvgIpc) is 2.91. The van der Waals surface area contributed by atoms with E-state index in [0.717, 1.165) is 22.4 Å². The highest BCUT2D eigenvalue weighted by atomic mass is 16.6. The predicted octanol–water partition coefficient (Wildman–Crippen LogP) is 4.79. The standard InChI is InChI=1S/C22H19NO2/c1-15-7-11-17(12-8-15)22(23-18-13-9-16(2)10-14-18)20-6-4-3-5-19(20)21(24)25-22/h3-14,23H,1-2H3. The van der Waals surface area contributed by atoms with E-state index in [4.69, 9.17) is 4.74 Å². The number of rotatable bonds is 3. The first-order valence-electron chi connectivity index (χ1n) is 8.33. The van der Waals surface area contributed by atoms with Gasteiger partial charge in [0.05, 0.1) is 5.56 Å². The van der Waals surface area contributed by atoms with Gasteiger partial charge in [-0.25, -0.2) is 4.79 Å². The lowest BCUT2D eigenvalue weighted by atomic mass is 9.92. The molecule has 3 nitrogen and oxygen atoms in total. The zero-order valence-electron chi connectivity index (χ0n) is 14.2. The van der Waals surface area contributed by atoms with Crippen LogP contribution in [0.15, 0.2) is 72.8 Å². The van der Waals surface area contributed by atoms with Crippen LogP contribution >= 0.6 is 0 Å². The van der Waals surface area contributed by atoms with E-state index in [1.165, 1.54) is 5.56 Å². The summed E-state index contributed by atoms with van der Waals surface area (Å²) < 4.78 is 5.93. The molecule has 1 unspecified atom stereocenters. The van der Waals surface area contributed by atoms with E-state index in [0.29, 0.717) is 5.56 Å². The summed E-state index contributed by atoms with van der Waals surface area (Å²) in [7, 11) is 0. The van der Waals surface area contributed by atoms with Crippen molar-refractivity contribution in [3.63, 3.8) is 0 Å². The molecular weight excluding hydrogens is 310 g/mol. The Morgan fingerprint density at radius 3 is 2.08 bits per heavy atom. The Morgan fingerprint density at radius 2 is 1.40 bits per heavy atom. The molecule has 3 aromatic rings. The van der Waals surface area contributed by atoms with Crippen LogP contribution in [0, 0.1) is 13.8 Å². The summed E-state index contributed by atoms with van der Waals surface area (Å²) in [6.45, 7) is 4.09. The predicted molar refractivity (Wildman–Crippen MR) is 98.6 cm³/mol. The van der Waals surface area contributed by atoms with E-state index in [9.17, 15) is 4.79 Å². The number of nitrogens with one attached hydrogen (secondary N) is 1. The number of cyclic esters (lactones) is 1. The number of hydrogen-bond donors (Lipinski definition) is 1. The van der Waals surface area contributed by atoms with Gasteiger partial charge in [0.15, 0.2) is 0 Å². The molecule has 0 aromatic heterocycles. The van der Waals surface area contributed by atoms with Crippen molar-refractivity contribution in [2.75, 3.05) is 5.32 Å². The maximum absolute atomic E-state index is 12.5. The highest BCUT2D eigenvalue weighted by Crippen LogP contribution is 2.42. The second-order valence-electron chi connectivity index (χ2n) is 6.47. The van der Waals surface area contributed by atoms with Crippen molar-refractivity contribution < 1.29 is 9.53 Å². The van der Waals surface area contributed by atoms with Gasteiger partial charge in [-0.05, 0) is 32.0 Å². The summed E-state index contributed by atoms with van der Waals surface area (Å²) in [4.78, 5) is 12.5. The van der Waals surface area contributed by atoms with Gasteiger partial charge < -0.3 is 10.1 Å². The summed E-state index contributed by atoms with van der Waals surface area (Å²) in [6.07, 6.45) is 0. The number of anilines is 1. The summed E-state index contributed by atoms with van der Waals surface area (Å²) >= 11 is 0. The molecule has 1 atom stereocenters. The first-order chi connectivity index (χ1) is 12.1. The van der Waals surface area contributed by atoms with Crippen LogP contribution < -0.4 is 5.32 Å². The van der Waals surface area contributed by atoms with Gasteiger partial charge >= 0.3 is 5.97 Å². The third-order valence-electron chi connectivity index (χ3n) is 4.60. The first-order valence-corrected chi connectivity index (χ1v) is 8.33. The Bertz CT molecular complexity index is 929.